The highest BCUT2D eigenvalue weighted by atomic mass is 32.2. The van der Waals surface area contributed by atoms with Gasteiger partial charge < -0.3 is 10.5 Å². The number of benzene rings is 1. The number of nitrogens with one attached hydrogen (secondary N) is 1. The summed E-state index contributed by atoms with van der Waals surface area (Å²) in [5, 5.41) is 5.68. The maximum Gasteiger partial charge on any atom is 0.252 e. The number of primary amides is 1. The number of sulfonamides is 1. The smallest absolute Gasteiger partial charge is 0.252 e. The highest BCUT2D eigenvalue weighted by molar-refractivity contribution is 7.89. The van der Waals surface area contributed by atoms with Crippen molar-refractivity contribution in [3.63, 3.8) is 0 Å². The van der Waals surface area contributed by atoms with Crippen LogP contribution in [0, 0.1) is 0 Å². The van der Waals surface area contributed by atoms with E-state index in [4.69, 9.17) is 10.5 Å². The van der Waals surface area contributed by atoms with Gasteiger partial charge in [0.25, 0.3) is 5.91 Å². The summed E-state index contributed by atoms with van der Waals surface area (Å²) < 4.78 is 33.6. The first-order chi connectivity index (χ1) is 12.4. The van der Waals surface area contributed by atoms with Gasteiger partial charge in [0.15, 0.2) is 0 Å². The minimum atomic E-state index is -3.89. The Morgan fingerprint density at radius 3 is 2.62 bits per heavy atom. The largest absolute Gasteiger partial charge is 0.496 e. The lowest BCUT2D eigenvalue weighted by atomic mass is 10.1. The quantitative estimate of drug-likeness (QED) is 0.628. The van der Waals surface area contributed by atoms with Gasteiger partial charge in [0.2, 0.25) is 10.0 Å². The number of amides is 1. The molecular weight excluding hydrogens is 392 g/mol. The second-order valence-corrected chi connectivity index (χ2v) is 8.83. The van der Waals surface area contributed by atoms with Gasteiger partial charge in [-0.05, 0) is 52.0 Å². The predicted octanol–water partition coefficient (Wildman–Crippen LogP) is 2.99. The van der Waals surface area contributed by atoms with Crippen LogP contribution in [-0.2, 0) is 10.0 Å². The molecule has 1 amide bonds. The van der Waals surface area contributed by atoms with Crippen LogP contribution in [0.3, 0.4) is 0 Å². The third-order valence-electron chi connectivity index (χ3n) is 3.72. The van der Waals surface area contributed by atoms with Crippen molar-refractivity contribution in [1.82, 2.24) is 4.72 Å². The molecule has 0 radical (unpaired) electrons. The first-order valence-corrected chi connectivity index (χ1v) is 10.8. The molecule has 3 rings (SSSR count). The van der Waals surface area contributed by atoms with Crippen LogP contribution < -0.4 is 15.2 Å². The van der Waals surface area contributed by atoms with E-state index in [1.165, 1.54) is 48.0 Å². The minimum absolute atomic E-state index is 0.0126. The molecule has 1 aromatic carbocycles. The summed E-state index contributed by atoms with van der Waals surface area (Å²) in [5.41, 5.74) is 6.19. The average Bonchev–Trinajstić information content (AvgIpc) is 3.32. The fourth-order valence-corrected chi connectivity index (χ4v) is 5.25. The fraction of sp³-hybridized carbons (Fsp3) is 0.118. The van der Waals surface area contributed by atoms with Crippen LogP contribution in [0.15, 0.2) is 57.4 Å². The van der Waals surface area contributed by atoms with E-state index in [0.29, 0.717) is 0 Å². The van der Waals surface area contributed by atoms with Crippen molar-refractivity contribution in [2.45, 2.75) is 10.9 Å². The molecule has 136 valence electrons. The van der Waals surface area contributed by atoms with Gasteiger partial charge in [-0.1, -0.05) is 6.07 Å². The van der Waals surface area contributed by atoms with E-state index >= 15 is 0 Å². The molecule has 1 atom stereocenters. The number of ether oxygens (including phenoxy) is 1. The Balaban J connectivity index is 1.99. The van der Waals surface area contributed by atoms with Gasteiger partial charge in [-0.2, -0.15) is 16.1 Å². The highest BCUT2D eigenvalue weighted by Gasteiger charge is 2.25. The number of carbonyl (C=O) groups is 1. The van der Waals surface area contributed by atoms with E-state index in [0.717, 1.165) is 10.4 Å². The minimum Gasteiger partial charge on any atom is -0.496 e. The molecule has 0 saturated carbocycles. The summed E-state index contributed by atoms with van der Waals surface area (Å²) in [7, 11) is -2.51. The van der Waals surface area contributed by atoms with Crippen molar-refractivity contribution in [2.75, 3.05) is 7.11 Å². The maximum atomic E-state index is 12.9. The zero-order valence-corrected chi connectivity index (χ0v) is 16.2. The number of rotatable bonds is 7. The summed E-state index contributed by atoms with van der Waals surface area (Å²) in [6.07, 6.45) is 0. The van der Waals surface area contributed by atoms with E-state index in [1.807, 2.05) is 34.3 Å². The number of thiophene rings is 2. The molecule has 9 heteroatoms. The SMILES string of the molecule is COc1ccc(S(=O)(=O)N[C@@H](c2ccsc2)c2cccs2)cc1C(N)=O. The van der Waals surface area contributed by atoms with Gasteiger partial charge >= 0.3 is 0 Å². The van der Waals surface area contributed by atoms with Crippen molar-refractivity contribution in [2.24, 2.45) is 5.73 Å². The third kappa shape index (κ3) is 3.80. The van der Waals surface area contributed by atoms with E-state index in [1.54, 1.807) is 0 Å². The molecule has 2 aromatic heterocycles. The summed E-state index contributed by atoms with van der Waals surface area (Å²) in [4.78, 5) is 12.4. The summed E-state index contributed by atoms with van der Waals surface area (Å²) in [6, 6.07) is 9.13. The summed E-state index contributed by atoms with van der Waals surface area (Å²) in [6.45, 7) is 0. The van der Waals surface area contributed by atoms with Crippen molar-refractivity contribution >= 4 is 38.6 Å². The second-order valence-electron chi connectivity index (χ2n) is 5.35. The van der Waals surface area contributed by atoms with E-state index in [2.05, 4.69) is 4.72 Å². The third-order valence-corrected chi connectivity index (χ3v) is 6.78. The Kier molecular flexibility index (Phi) is 5.42. The van der Waals surface area contributed by atoms with E-state index < -0.39 is 22.0 Å². The number of hydrogen-bond acceptors (Lipinski definition) is 6. The zero-order chi connectivity index (χ0) is 18.7. The Labute approximate surface area is 159 Å². The van der Waals surface area contributed by atoms with Crippen molar-refractivity contribution in [3.05, 3.63) is 68.5 Å². The van der Waals surface area contributed by atoms with Crippen LogP contribution in [0.1, 0.15) is 26.8 Å². The molecule has 3 N–H and O–H groups in total. The Morgan fingerprint density at radius 1 is 1.23 bits per heavy atom. The average molecular weight is 409 g/mol. The van der Waals surface area contributed by atoms with Gasteiger partial charge in [0.05, 0.1) is 23.6 Å². The molecule has 26 heavy (non-hydrogen) atoms. The van der Waals surface area contributed by atoms with Gasteiger partial charge in [0, 0.05) is 4.88 Å². The van der Waals surface area contributed by atoms with Gasteiger partial charge in [0.1, 0.15) is 5.75 Å². The molecule has 0 aliphatic carbocycles. The first kappa shape index (κ1) is 18.6. The van der Waals surface area contributed by atoms with Gasteiger partial charge in [-0.25, -0.2) is 8.42 Å². The molecule has 2 heterocycles. The number of carbonyl (C=O) groups excluding carboxylic acids is 1. The molecule has 3 aromatic rings. The van der Waals surface area contributed by atoms with E-state index in [9.17, 15) is 13.2 Å². The second kappa shape index (κ2) is 7.58. The lowest BCUT2D eigenvalue weighted by Gasteiger charge is -2.17. The Bertz CT molecular complexity index is 963. The van der Waals surface area contributed by atoms with Gasteiger partial charge in [-0.15, -0.1) is 11.3 Å². The van der Waals surface area contributed by atoms with Crippen LogP contribution in [0.5, 0.6) is 5.75 Å². The van der Waals surface area contributed by atoms with Crippen molar-refractivity contribution in [3.8, 4) is 5.75 Å². The Hall–Kier alpha value is -2.20. The molecule has 0 bridgehead atoms. The van der Waals surface area contributed by atoms with Gasteiger partial charge in [-0.3, -0.25) is 4.79 Å². The molecule has 0 aliphatic rings. The van der Waals surface area contributed by atoms with Crippen LogP contribution >= 0.6 is 22.7 Å². The molecular formula is C17H16N2O4S3. The van der Waals surface area contributed by atoms with Crippen LogP contribution in [0.25, 0.3) is 0 Å². The Morgan fingerprint density at radius 2 is 2.04 bits per heavy atom. The first-order valence-electron chi connectivity index (χ1n) is 7.48. The fourth-order valence-electron chi connectivity index (χ4n) is 2.46. The standard InChI is InChI=1S/C17H16N2O4S3/c1-23-14-5-4-12(9-13(14)17(18)20)26(21,22)19-16(11-6-8-24-10-11)15-3-2-7-25-15/h2-10,16,19H,1H3,(H2,18,20)/t16-/m0/s1. The molecule has 0 saturated heterocycles. The lowest BCUT2D eigenvalue weighted by molar-refractivity contribution is 0.0997. The highest BCUT2D eigenvalue weighted by Crippen LogP contribution is 2.30. The predicted molar refractivity (Wildman–Crippen MR) is 102 cm³/mol. The molecule has 0 unspecified atom stereocenters. The number of nitrogens with two attached hydrogens (primary N) is 1. The van der Waals surface area contributed by atoms with Crippen LogP contribution in [-0.4, -0.2) is 21.4 Å². The van der Waals surface area contributed by atoms with Crippen molar-refractivity contribution in [1.29, 1.82) is 0 Å². The molecule has 0 aliphatic heterocycles. The molecule has 0 fully saturated rings. The molecule has 0 spiro atoms. The van der Waals surface area contributed by atoms with E-state index in [-0.39, 0.29) is 16.2 Å². The number of methoxy groups -OCH3 is 1. The topological polar surface area (TPSA) is 98.5 Å². The zero-order valence-electron chi connectivity index (χ0n) is 13.7. The van der Waals surface area contributed by atoms with Crippen LogP contribution in [0.2, 0.25) is 0 Å². The van der Waals surface area contributed by atoms with Crippen molar-refractivity contribution < 1.29 is 17.9 Å². The lowest BCUT2D eigenvalue weighted by Crippen LogP contribution is -2.29. The monoisotopic (exact) mass is 408 g/mol. The number of hydrogen-bond donors (Lipinski definition) is 2. The summed E-state index contributed by atoms with van der Waals surface area (Å²) >= 11 is 2.95. The normalized spacial score (nSPS) is 12.7. The van der Waals surface area contributed by atoms with Crippen LogP contribution in [0.4, 0.5) is 0 Å². The summed E-state index contributed by atoms with van der Waals surface area (Å²) in [5.74, 6) is -0.532. The maximum absolute atomic E-state index is 12.9. The molecule has 6 nitrogen and oxygen atoms in total.